The Labute approximate surface area is 170 Å². The van der Waals surface area contributed by atoms with Gasteiger partial charge in [0.25, 0.3) is 5.91 Å². The fraction of sp³-hybridized carbons (Fsp3) is 0.350. The molecule has 3 rings (SSSR count). The summed E-state index contributed by atoms with van der Waals surface area (Å²) in [7, 11) is 0.925. The molecule has 0 spiro atoms. The maximum Gasteiger partial charge on any atom is 0.255 e. The zero-order valence-corrected chi connectivity index (χ0v) is 17.3. The second kappa shape index (κ2) is 8.71. The summed E-state index contributed by atoms with van der Waals surface area (Å²) in [6.45, 7) is 0.229. The summed E-state index contributed by atoms with van der Waals surface area (Å²) >= 11 is 0. The van der Waals surface area contributed by atoms with Gasteiger partial charge in [0.05, 0.1) is 31.8 Å². The molecule has 156 valence electrons. The molecule has 0 aromatic heterocycles. The summed E-state index contributed by atoms with van der Waals surface area (Å²) < 4.78 is 42.9. The van der Waals surface area contributed by atoms with Crippen molar-refractivity contribution in [2.24, 2.45) is 0 Å². The first-order valence-electron chi connectivity index (χ1n) is 9.08. The van der Waals surface area contributed by atoms with Gasteiger partial charge in [-0.3, -0.25) is 4.79 Å². The van der Waals surface area contributed by atoms with Crippen molar-refractivity contribution in [3.63, 3.8) is 0 Å². The molecular formula is C20H24N2O6S. The minimum atomic E-state index is -3.49. The number of carbonyl (C=O) groups excluding carboxylic acids is 1. The Kier molecular flexibility index (Phi) is 6.29. The summed E-state index contributed by atoms with van der Waals surface area (Å²) in [5.41, 5.74) is 1.07. The summed E-state index contributed by atoms with van der Waals surface area (Å²) in [5, 5.41) is 2.80. The zero-order valence-electron chi connectivity index (χ0n) is 16.5. The molecule has 1 saturated carbocycles. The van der Waals surface area contributed by atoms with Gasteiger partial charge in [-0.15, -0.1) is 0 Å². The first-order chi connectivity index (χ1) is 13.9. The third-order valence-electron chi connectivity index (χ3n) is 4.53. The first kappa shape index (κ1) is 20.9. The summed E-state index contributed by atoms with van der Waals surface area (Å²) in [5.74, 6) is 0.713. The fourth-order valence-electron chi connectivity index (χ4n) is 2.83. The minimum Gasteiger partial charge on any atom is -0.493 e. The van der Waals surface area contributed by atoms with Gasteiger partial charge in [-0.2, -0.15) is 0 Å². The maximum atomic E-state index is 12.6. The Morgan fingerprint density at radius 1 is 0.966 bits per heavy atom. The molecule has 0 radical (unpaired) electrons. The molecule has 2 aromatic rings. The second-order valence-electron chi connectivity index (χ2n) is 6.60. The lowest BCUT2D eigenvalue weighted by Crippen LogP contribution is -2.26. The summed E-state index contributed by atoms with van der Waals surface area (Å²) in [4.78, 5) is 12.8. The van der Waals surface area contributed by atoms with Crippen LogP contribution in [-0.2, 0) is 16.6 Å². The van der Waals surface area contributed by atoms with E-state index >= 15 is 0 Å². The van der Waals surface area contributed by atoms with Crippen LogP contribution >= 0.6 is 0 Å². The van der Waals surface area contributed by atoms with E-state index in [4.69, 9.17) is 14.2 Å². The average molecular weight is 420 g/mol. The van der Waals surface area contributed by atoms with Crippen molar-refractivity contribution in [3.05, 3.63) is 47.5 Å². The number of amides is 1. The van der Waals surface area contributed by atoms with Crippen LogP contribution in [0.25, 0.3) is 0 Å². The summed E-state index contributed by atoms with van der Waals surface area (Å²) in [6, 6.07) is 9.68. The van der Waals surface area contributed by atoms with Gasteiger partial charge < -0.3 is 19.5 Å². The van der Waals surface area contributed by atoms with Crippen LogP contribution in [-0.4, -0.2) is 41.7 Å². The molecule has 1 aliphatic rings. The Balaban J connectivity index is 1.69. The molecule has 0 bridgehead atoms. The predicted molar refractivity (Wildman–Crippen MR) is 107 cm³/mol. The molecule has 2 aromatic carbocycles. The Morgan fingerprint density at radius 2 is 1.62 bits per heavy atom. The predicted octanol–water partition coefficient (Wildman–Crippen LogP) is 2.08. The highest BCUT2D eigenvalue weighted by atomic mass is 32.2. The van der Waals surface area contributed by atoms with Gasteiger partial charge in [-0.05, 0) is 42.7 Å². The number of rotatable bonds is 9. The molecule has 0 atom stereocenters. The van der Waals surface area contributed by atoms with E-state index in [-0.39, 0.29) is 29.1 Å². The van der Waals surface area contributed by atoms with Crippen molar-refractivity contribution >= 4 is 15.9 Å². The maximum absolute atomic E-state index is 12.6. The molecule has 0 heterocycles. The normalized spacial score (nSPS) is 13.6. The molecular weight excluding hydrogens is 396 g/mol. The van der Waals surface area contributed by atoms with Crippen molar-refractivity contribution in [2.75, 3.05) is 21.3 Å². The lowest BCUT2D eigenvalue weighted by molar-refractivity contribution is 0.0947. The topological polar surface area (TPSA) is 103 Å². The lowest BCUT2D eigenvalue weighted by atomic mass is 10.1. The number of sulfonamides is 1. The largest absolute Gasteiger partial charge is 0.493 e. The molecule has 0 unspecified atom stereocenters. The van der Waals surface area contributed by atoms with Crippen LogP contribution < -0.4 is 24.2 Å². The quantitative estimate of drug-likeness (QED) is 0.644. The molecule has 8 nitrogen and oxygen atoms in total. The van der Waals surface area contributed by atoms with Gasteiger partial charge in [0.1, 0.15) is 0 Å². The van der Waals surface area contributed by atoms with Crippen LogP contribution in [0.15, 0.2) is 41.3 Å². The monoisotopic (exact) mass is 420 g/mol. The first-order valence-corrected chi connectivity index (χ1v) is 10.6. The van der Waals surface area contributed by atoms with E-state index in [0.717, 1.165) is 18.4 Å². The van der Waals surface area contributed by atoms with E-state index in [9.17, 15) is 13.2 Å². The number of hydrogen-bond donors (Lipinski definition) is 2. The van der Waals surface area contributed by atoms with Crippen LogP contribution in [0.2, 0.25) is 0 Å². The number of methoxy groups -OCH3 is 3. The SMILES string of the molecule is COc1ccc(C(=O)NCc2ccc(S(=O)(=O)NC3CC3)cc2)c(OC)c1OC. The van der Waals surface area contributed by atoms with Crippen LogP contribution in [0, 0.1) is 0 Å². The van der Waals surface area contributed by atoms with Gasteiger partial charge in [-0.1, -0.05) is 12.1 Å². The lowest BCUT2D eigenvalue weighted by Gasteiger charge is -2.15. The van der Waals surface area contributed by atoms with Gasteiger partial charge >= 0.3 is 0 Å². The van der Waals surface area contributed by atoms with Crippen molar-refractivity contribution in [1.82, 2.24) is 10.0 Å². The van der Waals surface area contributed by atoms with Crippen molar-refractivity contribution in [3.8, 4) is 17.2 Å². The van der Waals surface area contributed by atoms with Gasteiger partial charge in [0, 0.05) is 12.6 Å². The molecule has 0 aliphatic heterocycles. The zero-order chi connectivity index (χ0) is 21.0. The number of carbonyl (C=O) groups is 1. The molecule has 9 heteroatoms. The van der Waals surface area contributed by atoms with E-state index in [0.29, 0.717) is 17.1 Å². The summed E-state index contributed by atoms with van der Waals surface area (Å²) in [6.07, 6.45) is 1.76. The van der Waals surface area contributed by atoms with Crippen LogP contribution in [0.1, 0.15) is 28.8 Å². The Morgan fingerprint density at radius 3 is 2.17 bits per heavy atom. The fourth-order valence-corrected chi connectivity index (χ4v) is 4.14. The Bertz CT molecular complexity index is 985. The van der Waals surface area contributed by atoms with Crippen molar-refractivity contribution < 1.29 is 27.4 Å². The smallest absolute Gasteiger partial charge is 0.255 e. The van der Waals surface area contributed by atoms with E-state index in [1.165, 1.54) is 33.5 Å². The number of ether oxygens (including phenoxy) is 3. The molecule has 1 amide bonds. The van der Waals surface area contributed by atoms with E-state index in [2.05, 4.69) is 10.0 Å². The minimum absolute atomic E-state index is 0.0513. The van der Waals surface area contributed by atoms with Crippen LogP contribution in [0.4, 0.5) is 0 Å². The van der Waals surface area contributed by atoms with Gasteiger partial charge in [-0.25, -0.2) is 13.1 Å². The molecule has 29 heavy (non-hydrogen) atoms. The molecule has 1 fully saturated rings. The number of benzene rings is 2. The molecule has 1 aliphatic carbocycles. The van der Waals surface area contributed by atoms with Gasteiger partial charge in [0.15, 0.2) is 11.5 Å². The highest BCUT2D eigenvalue weighted by Crippen LogP contribution is 2.39. The van der Waals surface area contributed by atoms with E-state index in [1.807, 2.05) is 0 Å². The van der Waals surface area contributed by atoms with Crippen molar-refractivity contribution in [1.29, 1.82) is 0 Å². The van der Waals surface area contributed by atoms with Crippen LogP contribution in [0.5, 0.6) is 17.2 Å². The Hall–Kier alpha value is -2.78. The number of hydrogen-bond acceptors (Lipinski definition) is 6. The highest BCUT2D eigenvalue weighted by Gasteiger charge is 2.27. The second-order valence-corrected chi connectivity index (χ2v) is 8.32. The third-order valence-corrected chi connectivity index (χ3v) is 6.07. The number of nitrogens with one attached hydrogen (secondary N) is 2. The van der Waals surface area contributed by atoms with Gasteiger partial charge in [0.2, 0.25) is 15.8 Å². The molecule has 0 saturated heterocycles. The molecule has 2 N–H and O–H groups in total. The highest BCUT2D eigenvalue weighted by molar-refractivity contribution is 7.89. The van der Waals surface area contributed by atoms with Crippen LogP contribution in [0.3, 0.4) is 0 Å². The standard InChI is InChI=1S/C20H24N2O6S/c1-26-17-11-10-16(18(27-2)19(17)28-3)20(23)21-12-13-4-8-15(9-5-13)29(24,25)22-14-6-7-14/h4-5,8-11,14,22H,6-7,12H2,1-3H3,(H,21,23). The van der Waals surface area contributed by atoms with E-state index < -0.39 is 10.0 Å². The van der Waals surface area contributed by atoms with E-state index in [1.54, 1.807) is 24.3 Å². The average Bonchev–Trinajstić information content (AvgIpc) is 3.54. The van der Waals surface area contributed by atoms with Crippen molar-refractivity contribution in [2.45, 2.75) is 30.3 Å². The third kappa shape index (κ3) is 4.80.